The molecule has 3 N–H and O–H groups in total. The summed E-state index contributed by atoms with van der Waals surface area (Å²) in [6.07, 6.45) is 0. The van der Waals surface area contributed by atoms with Crippen molar-refractivity contribution in [1.82, 2.24) is 5.32 Å². The Morgan fingerprint density at radius 3 is 2.57 bits per heavy atom. The number of halogens is 2. The van der Waals surface area contributed by atoms with E-state index < -0.39 is 36.3 Å². The lowest BCUT2D eigenvalue weighted by atomic mass is 9.92. The Hall–Kier alpha value is -3.55. The number of nitrogens with zero attached hydrogens (tertiary/aromatic N) is 1. The molecule has 7 nitrogen and oxygen atoms in total. The third-order valence-corrected chi connectivity index (χ3v) is 6.65. The Kier molecular flexibility index (Phi) is 7.00. The predicted octanol–water partition coefficient (Wildman–Crippen LogP) is 4.80. The molecule has 0 bridgehead atoms. The number of anilines is 2. The zero-order chi connectivity index (χ0) is 25.3. The number of nitrogen functional groups attached to an aromatic ring is 1. The summed E-state index contributed by atoms with van der Waals surface area (Å²) in [7, 11) is 0. The summed E-state index contributed by atoms with van der Waals surface area (Å²) in [4.78, 5) is 40.6. The molecule has 0 fully saturated rings. The topological polar surface area (TPSA) is 102 Å². The molecule has 0 saturated heterocycles. The number of nitrogens with one attached hydrogen (secondary N) is 1. The minimum atomic E-state index is -1.02. The number of nitrogens with two attached hydrogens (primary N) is 1. The first-order valence-electron chi connectivity index (χ1n) is 10.9. The van der Waals surface area contributed by atoms with Gasteiger partial charge in [0.1, 0.15) is 16.8 Å². The number of hydrogen-bond donors (Lipinski definition) is 2. The molecule has 0 spiro atoms. The van der Waals surface area contributed by atoms with E-state index in [1.165, 1.54) is 6.92 Å². The van der Waals surface area contributed by atoms with Gasteiger partial charge in [0.25, 0.3) is 11.8 Å². The van der Waals surface area contributed by atoms with Crippen LogP contribution < -0.4 is 20.7 Å². The van der Waals surface area contributed by atoms with Gasteiger partial charge in [0.2, 0.25) is 5.91 Å². The van der Waals surface area contributed by atoms with Crippen LogP contribution in [0.1, 0.15) is 25.3 Å². The van der Waals surface area contributed by atoms with Gasteiger partial charge in [0.05, 0.1) is 16.6 Å². The first kappa shape index (κ1) is 24.6. The quantitative estimate of drug-likeness (QED) is 0.478. The average molecular weight is 512 g/mol. The van der Waals surface area contributed by atoms with E-state index in [0.29, 0.717) is 22.0 Å². The van der Waals surface area contributed by atoms with E-state index in [1.54, 1.807) is 43.3 Å². The van der Waals surface area contributed by atoms with E-state index in [9.17, 15) is 14.4 Å². The summed E-state index contributed by atoms with van der Waals surface area (Å²) in [6.45, 7) is 2.86. The number of imide groups is 1. The Bertz CT molecular complexity index is 1330. The molecular formula is C26H23Cl2N3O4. The van der Waals surface area contributed by atoms with Gasteiger partial charge in [-0.25, -0.2) is 4.90 Å². The predicted molar refractivity (Wildman–Crippen MR) is 137 cm³/mol. The first-order chi connectivity index (χ1) is 16.7. The van der Waals surface area contributed by atoms with Crippen molar-refractivity contribution in [3.63, 3.8) is 0 Å². The largest absolute Gasteiger partial charge is 0.482 e. The van der Waals surface area contributed by atoms with Gasteiger partial charge in [-0.1, -0.05) is 59.6 Å². The third kappa shape index (κ3) is 4.70. The highest BCUT2D eigenvalue weighted by Crippen LogP contribution is 2.44. The normalized spacial score (nSPS) is 15.5. The molecule has 1 heterocycles. The molecule has 3 amide bonds. The lowest BCUT2D eigenvalue weighted by Gasteiger charge is -2.26. The van der Waals surface area contributed by atoms with Crippen LogP contribution in [-0.4, -0.2) is 30.4 Å². The molecule has 1 aliphatic heterocycles. The van der Waals surface area contributed by atoms with Crippen LogP contribution in [0.5, 0.6) is 5.75 Å². The Labute approximate surface area is 212 Å². The zero-order valence-corrected chi connectivity index (χ0v) is 20.6. The maximum Gasteiger partial charge on any atom is 0.258 e. The van der Waals surface area contributed by atoms with E-state index in [0.717, 1.165) is 16.0 Å². The second-order valence-electron chi connectivity index (χ2n) is 8.19. The molecule has 0 aromatic heterocycles. The van der Waals surface area contributed by atoms with E-state index in [4.69, 9.17) is 33.7 Å². The van der Waals surface area contributed by atoms with Gasteiger partial charge in [-0.15, -0.1) is 0 Å². The summed E-state index contributed by atoms with van der Waals surface area (Å²) >= 11 is 12.0. The number of carbonyl (C=O) groups excluding carboxylic acids is 3. The highest BCUT2D eigenvalue weighted by atomic mass is 35.5. The van der Waals surface area contributed by atoms with Crippen molar-refractivity contribution in [2.24, 2.45) is 0 Å². The van der Waals surface area contributed by atoms with Crippen molar-refractivity contribution in [1.29, 1.82) is 0 Å². The molecule has 0 saturated carbocycles. The van der Waals surface area contributed by atoms with Gasteiger partial charge in [-0.05, 0) is 49.2 Å². The van der Waals surface area contributed by atoms with Crippen LogP contribution in [-0.2, 0) is 14.4 Å². The number of rotatable bonds is 5. The lowest BCUT2D eigenvalue weighted by molar-refractivity contribution is -0.131. The van der Waals surface area contributed by atoms with Crippen molar-refractivity contribution in [2.45, 2.75) is 25.8 Å². The molecule has 35 heavy (non-hydrogen) atoms. The van der Waals surface area contributed by atoms with E-state index in [1.807, 2.05) is 24.3 Å². The number of ether oxygens (including phenoxy) is 1. The van der Waals surface area contributed by atoms with Crippen LogP contribution in [0.4, 0.5) is 11.4 Å². The van der Waals surface area contributed by atoms with E-state index >= 15 is 0 Å². The monoisotopic (exact) mass is 511 g/mol. The van der Waals surface area contributed by atoms with Gasteiger partial charge in [-0.3, -0.25) is 14.4 Å². The Morgan fingerprint density at radius 2 is 1.80 bits per heavy atom. The summed E-state index contributed by atoms with van der Waals surface area (Å²) in [5.41, 5.74) is 9.28. The summed E-state index contributed by atoms with van der Waals surface area (Å²) in [5, 5.41) is 3.07. The summed E-state index contributed by atoms with van der Waals surface area (Å²) < 4.78 is 5.44. The molecule has 2 atom stereocenters. The molecule has 0 aliphatic carbocycles. The molecule has 0 radical (unpaired) electrons. The number of benzene rings is 3. The second-order valence-corrected chi connectivity index (χ2v) is 8.98. The molecule has 1 unspecified atom stereocenters. The minimum absolute atomic E-state index is 0.184. The highest BCUT2D eigenvalue weighted by molar-refractivity contribution is 6.42. The fourth-order valence-corrected chi connectivity index (χ4v) is 4.44. The number of hydrogen-bond acceptors (Lipinski definition) is 5. The fourth-order valence-electron chi connectivity index (χ4n) is 4.09. The summed E-state index contributed by atoms with van der Waals surface area (Å²) in [5.74, 6) is -1.91. The average Bonchev–Trinajstić information content (AvgIpc) is 2.93. The van der Waals surface area contributed by atoms with Crippen molar-refractivity contribution in [3.05, 3.63) is 76.3 Å². The highest BCUT2D eigenvalue weighted by Gasteiger charge is 2.37. The molecule has 4 rings (SSSR count). The maximum atomic E-state index is 13.5. The van der Waals surface area contributed by atoms with Crippen LogP contribution >= 0.6 is 23.2 Å². The molecule has 1 aliphatic rings. The molecule has 3 aromatic carbocycles. The third-order valence-electron chi connectivity index (χ3n) is 5.85. The number of amides is 3. The van der Waals surface area contributed by atoms with Crippen LogP contribution in [0.15, 0.2) is 60.7 Å². The van der Waals surface area contributed by atoms with Gasteiger partial charge >= 0.3 is 0 Å². The van der Waals surface area contributed by atoms with Gasteiger partial charge < -0.3 is 15.8 Å². The minimum Gasteiger partial charge on any atom is -0.482 e. The zero-order valence-electron chi connectivity index (χ0n) is 19.0. The van der Waals surface area contributed by atoms with E-state index in [-0.39, 0.29) is 10.8 Å². The molecule has 3 aromatic rings. The molecule has 9 heteroatoms. The number of fused-ring (bicyclic) bond motifs is 3. The second kappa shape index (κ2) is 9.98. The Balaban J connectivity index is 1.58. The number of carbonyl (C=O) groups is 3. The molecular weight excluding hydrogens is 489 g/mol. The van der Waals surface area contributed by atoms with Crippen molar-refractivity contribution in [3.8, 4) is 16.9 Å². The maximum absolute atomic E-state index is 13.5. The smallest absolute Gasteiger partial charge is 0.258 e. The standard InChI is InChI=1S/C26H23Cl2N3O4/c1-14-16-7-3-4-8-17(16)23-19(29)10-6-11-20(23)31(25(14)33)26(34)15(2)30-22(32)13-35-21-12-5-9-18(27)24(21)28/h3-12,14-15H,13,29H2,1-2H3,(H,30,32)/t14?,15-/m0/s1. The van der Waals surface area contributed by atoms with Crippen LogP contribution in [0.25, 0.3) is 11.1 Å². The van der Waals surface area contributed by atoms with Gasteiger partial charge in [-0.2, -0.15) is 0 Å². The Morgan fingerprint density at radius 1 is 1.09 bits per heavy atom. The SMILES string of the molecule is CC1C(=O)N(C(=O)[C@H](C)NC(=O)COc2cccc(Cl)c2Cl)c2cccc(N)c2-c2ccccc21. The van der Waals surface area contributed by atoms with E-state index in [2.05, 4.69) is 5.32 Å². The summed E-state index contributed by atoms with van der Waals surface area (Å²) in [6, 6.07) is 16.3. The van der Waals surface area contributed by atoms with Crippen LogP contribution in [0.3, 0.4) is 0 Å². The van der Waals surface area contributed by atoms with Gasteiger partial charge in [0.15, 0.2) is 6.61 Å². The van der Waals surface area contributed by atoms with Crippen molar-refractivity contribution < 1.29 is 19.1 Å². The van der Waals surface area contributed by atoms with Crippen LogP contribution in [0, 0.1) is 0 Å². The first-order valence-corrected chi connectivity index (χ1v) is 11.7. The van der Waals surface area contributed by atoms with Crippen molar-refractivity contribution >= 4 is 52.3 Å². The fraction of sp³-hybridized carbons (Fsp3) is 0.192. The van der Waals surface area contributed by atoms with Crippen LogP contribution in [0.2, 0.25) is 10.0 Å². The van der Waals surface area contributed by atoms with Gasteiger partial charge in [0, 0.05) is 11.3 Å². The molecule has 180 valence electrons. The lowest BCUT2D eigenvalue weighted by Crippen LogP contribution is -2.51. The van der Waals surface area contributed by atoms with Crippen molar-refractivity contribution in [2.75, 3.05) is 17.2 Å².